The van der Waals surface area contributed by atoms with E-state index in [1.165, 1.54) is 18.2 Å². The number of rotatable bonds is 5. The number of carbonyl (C=O) groups excluding carboxylic acids is 2. The molecule has 1 aromatic carbocycles. The van der Waals surface area contributed by atoms with E-state index < -0.39 is 15.8 Å². The van der Waals surface area contributed by atoms with Crippen molar-refractivity contribution in [2.45, 2.75) is 37.6 Å². The molecule has 0 aliphatic carbocycles. The molecule has 0 aromatic heterocycles. The molecule has 0 spiro atoms. The van der Waals surface area contributed by atoms with Crippen molar-refractivity contribution in [2.75, 3.05) is 24.7 Å². The molecule has 1 aliphatic heterocycles. The maximum absolute atomic E-state index is 12.5. The molecule has 0 radical (unpaired) electrons. The molecule has 8 heteroatoms. The van der Waals surface area contributed by atoms with E-state index in [1.807, 2.05) is 6.92 Å². The Bertz CT molecular complexity index is 760. The van der Waals surface area contributed by atoms with Gasteiger partial charge in [-0.25, -0.2) is 13.2 Å². The number of sulfone groups is 1. The summed E-state index contributed by atoms with van der Waals surface area (Å²) in [4.78, 5) is 24.4. The van der Waals surface area contributed by atoms with E-state index in [2.05, 4.69) is 10.6 Å². The quantitative estimate of drug-likeness (QED) is 0.766. The summed E-state index contributed by atoms with van der Waals surface area (Å²) in [5, 5.41) is 6.02. The number of hydrogen-bond donors (Lipinski definition) is 2. The molecule has 0 unspecified atom stereocenters. The second-order valence-corrected chi connectivity index (χ2v) is 8.32. The molecule has 2 rings (SSSR count). The largest absolute Gasteiger partial charge is 0.462 e. The van der Waals surface area contributed by atoms with Crippen molar-refractivity contribution in [3.63, 3.8) is 0 Å². The molecule has 25 heavy (non-hydrogen) atoms. The highest BCUT2D eigenvalue weighted by atomic mass is 32.2. The van der Waals surface area contributed by atoms with Crippen LogP contribution in [0.4, 0.5) is 5.69 Å². The Balaban J connectivity index is 2.28. The van der Waals surface area contributed by atoms with Crippen LogP contribution in [0.1, 0.15) is 37.0 Å². The number of nitrogens with one attached hydrogen (secondary N) is 2. The molecule has 138 valence electrons. The van der Waals surface area contributed by atoms with Gasteiger partial charge in [-0.05, 0) is 51.4 Å². The van der Waals surface area contributed by atoms with Crippen LogP contribution in [-0.2, 0) is 19.4 Å². The maximum atomic E-state index is 12.5. The fourth-order valence-electron chi connectivity index (χ4n) is 2.83. The fraction of sp³-hybridized carbons (Fsp3) is 0.529. The minimum absolute atomic E-state index is 0.0352. The van der Waals surface area contributed by atoms with E-state index in [-0.39, 0.29) is 40.6 Å². The van der Waals surface area contributed by atoms with Crippen LogP contribution in [0.2, 0.25) is 0 Å². The third kappa shape index (κ3) is 5.27. The van der Waals surface area contributed by atoms with Gasteiger partial charge in [0.1, 0.15) is 0 Å². The zero-order valence-electron chi connectivity index (χ0n) is 14.7. The monoisotopic (exact) mass is 368 g/mol. The topological polar surface area (TPSA) is 102 Å². The van der Waals surface area contributed by atoms with E-state index in [1.54, 1.807) is 6.92 Å². The number of piperidine rings is 1. The van der Waals surface area contributed by atoms with Gasteiger partial charge in [0.15, 0.2) is 9.84 Å². The number of benzene rings is 1. The molecular weight excluding hydrogens is 344 g/mol. The van der Waals surface area contributed by atoms with Gasteiger partial charge in [-0.1, -0.05) is 0 Å². The first-order chi connectivity index (χ1) is 11.7. The fourth-order valence-corrected chi connectivity index (χ4v) is 3.51. The Kier molecular flexibility index (Phi) is 6.18. The highest BCUT2D eigenvalue weighted by Crippen LogP contribution is 2.23. The van der Waals surface area contributed by atoms with Gasteiger partial charge in [-0.2, -0.15) is 0 Å². The molecule has 1 aromatic rings. The SMILES string of the molecule is CCOC(=O)c1cc(NC(=O)[C@H]2CCN[C@@H](C)C2)cc(S(C)(=O)=O)c1. The molecule has 0 saturated carbocycles. The first-order valence-electron chi connectivity index (χ1n) is 8.27. The summed E-state index contributed by atoms with van der Waals surface area (Å²) in [7, 11) is -3.53. The van der Waals surface area contributed by atoms with Crippen LogP contribution >= 0.6 is 0 Å². The Morgan fingerprint density at radius 2 is 2.04 bits per heavy atom. The predicted octanol–water partition coefficient (Wildman–Crippen LogP) is 1.59. The lowest BCUT2D eigenvalue weighted by Gasteiger charge is -2.27. The highest BCUT2D eigenvalue weighted by Gasteiger charge is 2.25. The summed E-state index contributed by atoms with van der Waals surface area (Å²) in [6, 6.07) is 4.31. The number of hydrogen-bond acceptors (Lipinski definition) is 6. The summed E-state index contributed by atoms with van der Waals surface area (Å²) in [5.41, 5.74) is 0.376. The first kappa shape index (κ1) is 19.4. The van der Waals surface area contributed by atoms with Gasteiger partial charge in [-0.15, -0.1) is 0 Å². The van der Waals surface area contributed by atoms with Crippen molar-refractivity contribution in [3.05, 3.63) is 23.8 Å². The number of carbonyl (C=O) groups is 2. The average molecular weight is 368 g/mol. The third-order valence-corrected chi connectivity index (χ3v) is 5.20. The van der Waals surface area contributed by atoms with Crippen molar-refractivity contribution in [1.82, 2.24) is 5.32 Å². The molecule has 0 bridgehead atoms. The van der Waals surface area contributed by atoms with Gasteiger partial charge in [-0.3, -0.25) is 4.79 Å². The summed E-state index contributed by atoms with van der Waals surface area (Å²) < 4.78 is 28.7. The third-order valence-electron chi connectivity index (χ3n) is 4.11. The predicted molar refractivity (Wildman–Crippen MR) is 94.3 cm³/mol. The Labute approximate surface area is 148 Å². The molecule has 1 fully saturated rings. The Morgan fingerprint density at radius 1 is 1.32 bits per heavy atom. The lowest BCUT2D eigenvalue weighted by Crippen LogP contribution is -2.40. The molecule has 7 nitrogen and oxygen atoms in total. The Morgan fingerprint density at radius 3 is 2.64 bits per heavy atom. The van der Waals surface area contributed by atoms with Gasteiger partial charge < -0.3 is 15.4 Å². The van der Waals surface area contributed by atoms with E-state index in [4.69, 9.17) is 4.74 Å². The second kappa shape index (κ2) is 7.97. The summed E-state index contributed by atoms with van der Waals surface area (Å²) >= 11 is 0. The lowest BCUT2D eigenvalue weighted by molar-refractivity contribution is -0.120. The summed E-state index contributed by atoms with van der Waals surface area (Å²) in [6.45, 7) is 4.62. The zero-order chi connectivity index (χ0) is 18.6. The van der Waals surface area contributed by atoms with Crippen molar-refractivity contribution in [2.24, 2.45) is 5.92 Å². The lowest BCUT2D eigenvalue weighted by atomic mass is 9.92. The van der Waals surface area contributed by atoms with Gasteiger partial charge in [0.05, 0.1) is 17.1 Å². The van der Waals surface area contributed by atoms with Crippen molar-refractivity contribution in [3.8, 4) is 0 Å². The number of anilines is 1. The maximum Gasteiger partial charge on any atom is 0.338 e. The van der Waals surface area contributed by atoms with E-state index >= 15 is 0 Å². The Hall–Kier alpha value is -1.93. The smallest absolute Gasteiger partial charge is 0.338 e. The summed E-state index contributed by atoms with van der Waals surface area (Å²) in [5.74, 6) is -0.947. The van der Waals surface area contributed by atoms with Crippen molar-refractivity contribution >= 4 is 27.4 Å². The summed E-state index contributed by atoms with van der Waals surface area (Å²) in [6.07, 6.45) is 2.48. The van der Waals surface area contributed by atoms with Crippen LogP contribution in [0, 0.1) is 5.92 Å². The first-order valence-corrected chi connectivity index (χ1v) is 10.2. The van der Waals surface area contributed by atoms with Crippen LogP contribution in [0.5, 0.6) is 0 Å². The van der Waals surface area contributed by atoms with E-state index in [9.17, 15) is 18.0 Å². The number of amides is 1. The number of ether oxygens (including phenoxy) is 1. The van der Waals surface area contributed by atoms with Crippen LogP contribution in [0.15, 0.2) is 23.1 Å². The van der Waals surface area contributed by atoms with Gasteiger partial charge in [0.25, 0.3) is 0 Å². The molecule has 1 saturated heterocycles. The number of esters is 1. The minimum atomic E-state index is -3.53. The van der Waals surface area contributed by atoms with Crippen LogP contribution < -0.4 is 10.6 Å². The molecular formula is C17H24N2O5S. The second-order valence-electron chi connectivity index (χ2n) is 6.30. The average Bonchev–Trinajstić information content (AvgIpc) is 2.54. The van der Waals surface area contributed by atoms with Crippen molar-refractivity contribution < 1.29 is 22.7 Å². The van der Waals surface area contributed by atoms with Crippen molar-refractivity contribution in [1.29, 1.82) is 0 Å². The molecule has 1 amide bonds. The molecule has 2 N–H and O–H groups in total. The minimum Gasteiger partial charge on any atom is -0.462 e. The van der Waals surface area contributed by atoms with E-state index in [0.29, 0.717) is 12.8 Å². The van der Waals surface area contributed by atoms with Crippen LogP contribution in [0.3, 0.4) is 0 Å². The van der Waals surface area contributed by atoms with Gasteiger partial charge in [0, 0.05) is 23.9 Å². The molecule has 1 heterocycles. The normalized spacial score (nSPS) is 20.8. The van der Waals surface area contributed by atoms with Gasteiger partial charge in [0.2, 0.25) is 5.91 Å². The van der Waals surface area contributed by atoms with Crippen LogP contribution in [0.25, 0.3) is 0 Å². The van der Waals surface area contributed by atoms with E-state index in [0.717, 1.165) is 12.8 Å². The molecule has 1 aliphatic rings. The molecule has 2 atom stereocenters. The van der Waals surface area contributed by atoms with Crippen LogP contribution in [-0.4, -0.2) is 45.7 Å². The van der Waals surface area contributed by atoms with Gasteiger partial charge >= 0.3 is 5.97 Å². The highest BCUT2D eigenvalue weighted by molar-refractivity contribution is 7.90. The zero-order valence-corrected chi connectivity index (χ0v) is 15.5. The standard InChI is InChI=1S/C17H24N2O5S/c1-4-24-17(21)13-8-14(10-15(9-13)25(3,22)23)19-16(20)12-5-6-18-11(2)7-12/h8-12,18H,4-7H2,1-3H3,(H,19,20)/t11-,12-/m0/s1.